The minimum Gasteiger partial charge on any atom is -0.460 e. The highest BCUT2D eigenvalue weighted by atomic mass is 16.5. The zero-order valence-corrected chi connectivity index (χ0v) is 16.1. The van der Waals surface area contributed by atoms with E-state index in [1.165, 1.54) is 6.42 Å². The van der Waals surface area contributed by atoms with Gasteiger partial charge < -0.3 is 9.64 Å². The summed E-state index contributed by atoms with van der Waals surface area (Å²) in [5, 5.41) is 4.17. The Kier molecular flexibility index (Phi) is 4.37. The molecule has 1 saturated heterocycles. The van der Waals surface area contributed by atoms with Gasteiger partial charge in [0.2, 0.25) is 5.91 Å². The maximum Gasteiger partial charge on any atom is 0.316 e. The second kappa shape index (κ2) is 7.04. The van der Waals surface area contributed by atoms with Crippen LogP contribution < -0.4 is 4.74 Å². The lowest BCUT2D eigenvalue weighted by atomic mass is 9.91. The number of aryl methyl sites for hydroxylation is 1. The lowest BCUT2D eigenvalue weighted by Crippen LogP contribution is -2.45. The summed E-state index contributed by atoms with van der Waals surface area (Å²) in [4.78, 5) is 23.6. The normalized spacial score (nSPS) is 26.8. The first kappa shape index (κ1) is 17.4. The second-order valence-electron chi connectivity index (χ2n) is 8.19. The van der Waals surface area contributed by atoms with Crippen molar-refractivity contribution in [3.8, 4) is 17.1 Å². The zero-order chi connectivity index (χ0) is 19.1. The summed E-state index contributed by atoms with van der Waals surface area (Å²) in [6, 6.07) is 0.399. The van der Waals surface area contributed by atoms with E-state index in [0.717, 1.165) is 43.5 Å². The number of allylic oxidation sites excluding steroid dienone is 2. The first-order valence-corrected chi connectivity index (χ1v) is 10.1. The molecule has 146 valence electrons. The smallest absolute Gasteiger partial charge is 0.316 e. The molecule has 2 bridgehead atoms. The van der Waals surface area contributed by atoms with E-state index in [9.17, 15) is 4.79 Å². The number of carbonyl (C=O) groups is 1. The van der Waals surface area contributed by atoms with Gasteiger partial charge in [-0.15, -0.1) is 0 Å². The molecule has 0 N–H and O–H groups in total. The molecule has 28 heavy (non-hydrogen) atoms. The summed E-state index contributed by atoms with van der Waals surface area (Å²) in [6.45, 7) is 1.52. The van der Waals surface area contributed by atoms with Crippen LogP contribution in [0.5, 0.6) is 6.01 Å². The highest BCUT2D eigenvalue weighted by Crippen LogP contribution is 2.44. The fraction of sp³-hybridized carbons (Fsp3) is 0.524. The van der Waals surface area contributed by atoms with Crippen LogP contribution in [0.25, 0.3) is 11.1 Å². The Labute approximate surface area is 164 Å². The van der Waals surface area contributed by atoms with Gasteiger partial charge in [-0.25, -0.2) is 9.97 Å². The van der Waals surface area contributed by atoms with E-state index in [2.05, 4.69) is 27.2 Å². The number of aromatic nitrogens is 4. The molecule has 3 atom stereocenters. The molecule has 0 radical (unpaired) electrons. The van der Waals surface area contributed by atoms with Crippen LogP contribution in [0.15, 0.2) is 36.9 Å². The molecule has 0 aromatic carbocycles. The maximum atomic E-state index is 12.8. The number of ether oxygens (including phenoxy) is 1. The number of hydrogen-bond acceptors (Lipinski definition) is 5. The standard InChI is InChI=1S/C21H25N5O2/c1-25-13-17(12-24-25)16-10-22-21(23-11-16)28-18-4-6-26(7-5-18)20(27)19-9-14-2-3-15(19)8-14/h2-3,10-15,18-19H,4-9H2,1H3. The molecule has 7 heteroatoms. The van der Waals surface area contributed by atoms with Crippen molar-refractivity contribution in [1.82, 2.24) is 24.6 Å². The van der Waals surface area contributed by atoms with Gasteiger partial charge >= 0.3 is 6.01 Å². The molecule has 7 nitrogen and oxygen atoms in total. The van der Waals surface area contributed by atoms with Crippen molar-refractivity contribution in [3.05, 3.63) is 36.9 Å². The SMILES string of the molecule is Cn1cc(-c2cnc(OC3CCN(C(=O)C4CC5C=CC4C5)CC3)nc2)cn1. The predicted octanol–water partition coefficient (Wildman–Crippen LogP) is 2.46. The third-order valence-corrected chi connectivity index (χ3v) is 6.29. The molecule has 3 aliphatic rings. The van der Waals surface area contributed by atoms with Crippen molar-refractivity contribution >= 4 is 5.91 Å². The molecule has 5 rings (SSSR count). The Hall–Kier alpha value is -2.70. The maximum absolute atomic E-state index is 12.8. The molecule has 2 fully saturated rings. The van der Waals surface area contributed by atoms with E-state index in [1.54, 1.807) is 23.3 Å². The van der Waals surface area contributed by atoms with Crippen molar-refractivity contribution in [2.24, 2.45) is 24.8 Å². The summed E-state index contributed by atoms with van der Waals surface area (Å²) in [5.41, 5.74) is 1.90. The molecular formula is C21H25N5O2. The van der Waals surface area contributed by atoms with E-state index >= 15 is 0 Å². The van der Waals surface area contributed by atoms with Gasteiger partial charge in [0.05, 0.1) is 6.20 Å². The Morgan fingerprint density at radius 1 is 1.07 bits per heavy atom. The van der Waals surface area contributed by atoms with Crippen LogP contribution in [-0.2, 0) is 11.8 Å². The van der Waals surface area contributed by atoms with Gasteiger partial charge in [-0.2, -0.15) is 5.10 Å². The molecule has 2 aliphatic carbocycles. The highest BCUT2D eigenvalue weighted by molar-refractivity contribution is 5.80. The van der Waals surface area contributed by atoms with Gasteiger partial charge in [-0.1, -0.05) is 12.2 Å². The summed E-state index contributed by atoms with van der Waals surface area (Å²) in [6.07, 6.45) is 15.7. The van der Waals surface area contributed by atoms with Gasteiger partial charge in [0.25, 0.3) is 0 Å². The van der Waals surface area contributed by atoms with E-state index in [0.29, 0.717) is 23.8 Å². The van der Waals surface area contributed by atoms with Crippen molar-refractivity contribution in [3.63, 3.8) is 0 Å². The van der Waals surface area contributed by atoms with E-state index in [1.807, 2.05) is 18.1 Å². The number of rotatable bonds is 4. The number of carbonyl (C=O) groups excluding carboxylic acids is 1. The quantitative estimate of drug-likeness (QED) is 0.763. The van der Waals surface area contributed by atoms with Gasteiger partial charge in [0, 0.05) is 68.6 Å². The number of nitrogens with zero attached hydrogens (tertiary/aromatic N) is 5. The molecule has 2 aromatic heterocycles. The molecule has 1 saturated carbocycles. The van der Waals surface area contributed by atoms with Gasteiger partial charge in [0.15, 0.2) is 0 Å². The Balaban J connectivity index is 1.14. The van der Waals surface area contributed by atoms with Crippen LogP contribution >= 0.6 is 0 Å². The summed E-state index contributed by atoms with van der Waals surface area (Å²) in [7, 11) is 1.88. The van der Waals surface area contributed by atoms with Gasteiger partial charge in [-0.3, -0.25) is 9.48 Å². The molecule has 1 amide bonds. The molecule has 3 unspecified atom stereocenters. The average molecular weight is 379 g/mol. The monoisotopic (exact) mass is 379 g/mol. The third-order valence-electron chi connectivity index (χ3n) is 6.29. The molecular weight excluding hydrogens is 354 g/mol. The highest BCUT2D eigenvalue weighted by Gasteiger charge is 2.42. The van der Waals surface area contributed by atoms with Gasteiger partial charge in [-0.05, 0) is 24.7 Å². The average Bonchev–Trinajstić information content (AvgIpc) is 3.46. The summed E-state index contributed by atoms with van der Waals surface area (Å²) in [5.74, 6) is 1.65. The molecule has 2 aromatic rings. The first-order valence-electron chi connectivity index (χ1n) is 10.1. The largest absolute Gasteiger partial charge is 0.460 e. The first-order chi connectivity index (χ1) is 13.7. The molecule has 0 spiro atoms. The van der Waals surface area contributed by atoms with E-state index < -0.39 is 0 Å². The minimum absolute atomic E-state index is 0.0632. The van der Waals surface area contributed by atoms with Crippen LogP contribution in [-0.4, -0.2) is 49.7 Å². The fourth-order valence-electron chi connectivity index (χ4n) is 4.74. The third kappa shape index (κ3) is 3.30. The second-order valence-corrected chi connectivity index (χ2v) is 8.19. The lowest BCUT2D eigenvalue weighted by Gasteiger charge is -2.34. The fourth-order valence-corrected chi connectivity index (χ4v) is 4.74. The van der Waals surface area contributed by atoms with Crippen molar-refractivity contribution in [2.45, 2.75) is 31.8 Å². The Bertz CT molecular complexity index is 882. The number of hydrogen-bond donors (Lipinski definition) is 0. The van der Waals surface area contributed by atoms with Crippen LogP contribution in [0.3, 0.4) is 0 Å². The van der Waals surface area contributed by atoms with Crippen molar-refractivity contribution in [1.29, 1.82) is 0 Å². The van der Waals surface area contributed by atoms with Crippen LogP contribution in [0.2, 0.25) is 0 Å². The van der Waals surface area contributed by atoms with E-state index in [-0.39, 0.29) is 12.0 Å². The zero-order valence-electron chi connectivity index (χ0n) is 16.1. The minimum atomic E-state index is 0.0632. The molecule has 3 heterocycles. The van der Waals surface area contributed by atoms with Gasteiger partial charge in [0.1, 0.15) is 6.10 Å². The van der Waals surface area contributed by atoms with Crippen LogP contribution in [0, 0.1) is 17.8 Å². The summed E-state index contributed by atoms with van der Waals surface area (Å²) < 4.78 is 7.71. The molecule has 1 aliphatic heterocycles. The topological polar surface area (TPSA) is 73.1 Å². The van der Waals surface area contributed by atoms with Crippen molar-refractivity contribution in [2.75, 3.05) is 13.1 Å². The Morgan fingerprint density at radius 2 is 1.86 bits per heavy atom. The summed E-state index contributed by atoms with van der Waals surface area (Å²) >= 11 is 0. The van der Waals surface area contributed by atoms with Crippen LogP contribution in [0.4, 0.5) is 0 Å². The number of piperidine rings is 1. The number of likely N-dealkylation sites (tertiary alicyclic amines) is 1. The van der Waals surface area contributed by atoms with Crippen LogP contribution in [0.1, 0.15) is 25.7 Å². The van der Waals surface area contributed by atoms with E-state index in [4.69, 9.17) is 4.74 Å². The number of amides is 1. The van der Waals surface area contributed by atoms with Crippen molar-refractivity contribution < 1.29 is 9.53 Å². The predicted molar refractivity (Wildman–Crippen MR) is 103 cm³/mol. The Morgan fingerprint density at radius 3 is 2.46 bits per heavy atom. The lowest BCUT2D eigenvalue weighted by molar-refractivity contribution is -0.138. The number of fused-ring (bicyclic) bond motifs is 2.